The Morgan fingerprint density at radius 3 is 3.15 bits per heavy atom. The minimum Gasteiger partial charge on any atom is -0.459 e. The number of aromatic nitrogens is 2. The molecular formula is C14H18N4O2. The number of likely N-dealkylation sites (tertiary alicyclic amines) is 1. The first kappa shape index (κ1) is 12.1. The van der Waals surface area contributed by atoms with Gasteiger partial charge in [0.05, 0.1) is 12.8 Å². The summed E-state index contributed by atoms with van der Waals surface area (Å²) in [6.07, 6.45) is 5.42. The topological polar surface area (TPSA) is 67.3 Å². The van der Waals surface area contributed by atoms with Crippen molar-refractivity contribution >= 4 is 0 Å². The van der Waals surface area contributed by atoms with Crippen molar-refractivity contribution in [3.63, 3.8) is 0 Å². The van der Waals surface area contributed by atoms with Gasteiger partial charge in [-0.3, -0.25) is 4.90 Å². The fraction of sp³-hybridized carbons (Fsp3) is 0.571. The lowest BCUT2D eigenvalue weighted by Gasteiger charge is -2.22. The molecule has 1 N–H and O–H groups in total. The van der Waals surface area contributed by atoms with Crippen molar-refractivity contribution < 1.29 is 8.94 Å². The van der Waals surface area contributed by atoms with Crippen LogP contribution < -0.4 is 5.32 Å². The van der Waals surface area contributed by atoms with Crippen molar-refractivity contribution in [2.75, 3.05) is 13.1 Å². The molecule has 4 heterocycles. The van der Waals surface area contributed by atoms with E-state index in [-0.39, 0.29) is 0 Å². The molecule has 0 saturated carbocycles. The van der Waals surface area contributed by atoms with E-state index in [1.165, 1.54) is 19.3 Å². The summed E-state index contributed by atoms with van der Waals surface area (Å²) < 4.78 is 10.5. The average molecular weight is 274 g/mol. The van der Waals surface area contributed by atoms with Crippen LogP contribution in [0.2, 0.25) is 0 Å². The molecule has 0 spiro atoms. The second-order valence-electron chi connectivity index (χ2n) is 5.65. The zero-order chi connectivity index (χ0) is 13.4. The van der Waals surface area contributed by atoms with Crippen LogP contribution in [-0.4, -0.2) is 40.2 Å². The SMILES string of the molecule is c1coc(-c2nc(CN3CCC4CCC(C3)N4)no2)c1. The molecule has 2 bridgehead atoms. The van der Waals surface area contributed by atoms with Crippen LogP contribution in [-0.2, 0) is 6.54 Å². The molecule has 2 saturated heterocycles. The maximum Gasteiger partial charge on any atom is 0.293 e. The van der Waals surface area contributed by atoms with E-state index in [1.807, 2.05) is 12.1 Å². The molecule has 2 aromatic rings. The second kappa shape index (κ2) is 5.03. The number of hydrogen-bond donors (Lipinski definition) is 1. The molecule has 2 atom stereocenters. The van der Waals surface area contributed by atoms with Gasteiger partial charge >= 0.3 is 0 Å². The Bertz CT molecular complexity index is 566. The molecule has 6 heteroatoms. The van der Waals surface area contributed by atoms with E-state index in [0.29, 0.717) is 23.7 Å². The van der Waals surface area contributed by atoms with Crippen LogP contribution in [0.4, 0.5) is 0 Å². The highest BCUT2D eigenvalue weighted by Gasteiger charge is 2.29. The molecule has 2 aliphatic heterocycles. The summed E-state index contributed by atoms with van der Waals surface area (Å²) in [5.74, 6) is 1.81. The normalized spacial score (nSPS) is 26.8. The molecule has 0 aliphatic carbocycles. The van der Waals surface area contributed by atoms with E-state index >= 15 is 0 Å². The maximum atomic E-state index is 5.26. The lowest BCUT2D eigenvalue weighted by Crippen LogP contribution is -2.35. The van der Waals surface area contributed by atoms with Gasteiger partial charge < -0.3 is 14.3 Å². The third-order valence-electron chi connectivity index (χ3n) is 4.17. The van der Waals surface area contributed by atoms with Crippen molar-refractivity contribution in [3.05, 3.63) is 24.2 Å². The van der Waals surface area contributed by atoms with Crippen molar-refractivity contribution in [2.24, 2.45) is 0 Å². The van der Waals surface area contributed by atoms with Crippen LogP contribution in [0.15, 0.2) is 27.3 Å². The van der Waals surface area contributed by atoms with Crippen molar-refractivity contribution in [2.45, 2.75) is 37.9 Å². The minimum absolute atomic E-state index is 0.458. The van der Waals surface area contributed by atoms with Crippen LogP contribution in [0.3, 0.4) is 0 Å². The third-order valence-corrected chi connectivity index (χ3v) is 4.17. The van der Waals surface area contributed by atoms with E-state index in [9.17, 15) is 0 Å². The second-order valence-corrected chi connectivity index (χ2v) is 5.65. The predicted molar refractivity (Wildman–Crippen MR) is 71.8 cm³/mol. The minimum atomic E-state index is 0.458. The van der Waals surface area contributed by atoms with Gasteiger partial charge in [0.25, 0.3) is 5.89 Å². The molecule has 4 rings (SSSR count). The van der Waals surface area contributed by atoms with Gasteiger partial charge in [0, 0.05) is 25.2 Å². The molecule has 2 aromatic heterocycles. The summed E-state index contributed by atoms with van der Waals surface area (Å²) in [5.41, 5.74) is 0. The predicted octanol–water partition coefficient (Wildman–Crippen LogP) is 1.66. The number of nitrogens with zero attached hydrogens (tertiary/aromatic N) is 3. The maximum absolute atomic E-state index is 5.26. The van der Waals surface area contributed by atoms with Gasteiger partial charge in [-0.05, 0) is 31.4 Å². The third kappa shape index (κ3) is 2.36. The fourth-order valence-corrected chi connectivity index (χ4v) is 3.18. The highest BCUT2D eigenvalue weighted by Crippen LogP contribution is 2.22. The Morgan fingerprint density at radius 2 is 2.25 bits per heavy atom. The monoisotopic (exact) mass is 274 g/mol. The molecule has 106 valence electrons. The summed E-state index contributed by atoms with van der Waals surface area (Å²) in [6, 6.07) is 4.97. The molecule has 0 aromatic carbocycles. The van der Waals surface area contributed by atoms with E-state index < -0.39 is 0 Å². The Labute approximate surface area is 117 Å². The Hall–Kier alpha value is -1.66. The molecule has 2 aliphatic rings. The highest BCUT2D eigenvalue weighted by molar-refractivity contribution is 5.42. The van der Waals surface area contributed by atoms with Gasteiger partial charge in [0.2, 0.25) is 0 Å². The van der Waals surface area contributed by atoms with Crippen molar-refractivity contribution in [3.8, 4) is 11.7 Å². The highest BCUT2D eigenvalue weighted by atomic mass is 16.5. The summed E-state index contributed by atoms with van der Waals surface area (Å²) in [7, 11) is 0. The lowest BCUT2D eigenvalue weighted by molar-refractivity contribution is 0.241. The zero-order valence-electron chi connectivity index (χ0n) is 11.3. The van der Waals surface area contributed by atoms with E-state index in [0.717, 1.165) is 25.5 Å². The van der Waals surface area contributed by atoms with Crippen molar-refractivity contribution in [1.82, 2.24) is 20.4 Å². The van der Waals surface area contributed by atoms with E-state index in [4.69, 9.17) is 8.94 Å². The quantitative estimate of drug-likeness (QED) is 0.918. The van der Waals surface area contributed by atoms with Gasteiger partial charge in [-0.2, -0.15) is 4.98 Å². The first-order chi connectivity index (χ1) is 9.87. The number of fused-ring (bicyclic) bond motifs is 2. The van der Waals surface area contributed by atoms with Crippen LogP contribution in [0.1, 0.15) is 25.1 Å². The first-order valence-electron chi connectivity index (χ1n) is 7.22. The molecule has 0 amide bonds. The number of nitrogens with one attached hydrogen (secondary N) is 1. The van der Waals surface area contributed by atoms with Gasteiger partial charge in [0.1, 0.15) is 0 Å². The molecule has 6 nitrogen and oxygen atoms in total. The number of furan rings is 1. The van der Waals surface area contributed by atoms with Crippen LogP contribution in [0, 0.1) is 0 Å². The van der Waals surface area contributed by atoms with Gasteiger partial charge in [-0.1, -0.05) is 5.16 Å². The Balaban J connectivity index is 1.44. The summed E-state index contributed by atoms with van der Waals surface area (Å²) in [6.45, 7) is 2.91. The average Bonchev–Trinajstić information content (AvgIpc) is 3.13. The van der Waals surface area contributed by atoms with Crippen LogP contribution >= 0.6 is 0 Å². The van der Waals surface area contributed by atoms with Gasteiger partial charge in [0.15, 0.2) is 11.6 Å². The molecule has 20 heavy (non-hydrogen) atoms. The van der Waals surface area contributed by atoms with Crippen LogP contribution in [0.25, 0.3) is 11.7 Å². The molecule has 2 fully saturated rings. The molecule has 0 radical (unpaired) electrons. The van der Waals surface area contributed by atoms with Gasteiger partial charge in [-0.25, -0.2) is 0 Å². The standard InChI is InChI=1S/C14H18N4O2/c1-2-12(19-7-1)14-16-13(17-20-14)9-18-6-5-10-3-4-11(8-18)15-10/h1-2,7,10-11,15H,3-6,8-9H2. The van der Waals surface area contributed by atoms with E-state index in [1.54, 1.807) is 6.26 Å². The molecular weight excluding hydrogens is 256 g/mol. The lowest BCUT2D eigenvalue weighted by atomic mass is 10.1. The van der Waals surface area contributed by atoms with Crippen LogP contribution in [0.5, 0.6) is 0 Å². The summed E-state index contributed by atoms with van der Waals surface area (Å²) in [5, 5.41) is 7.73. The smallest absolute Gasteiger partial charge is 0.293 e. The molecule has 2 unspecified atom stereocenters. The largest absolute Gasteiger partial charge is 0.459 e. The number of hydrogen-bond acceptors (Lipinski definition) is 6. The summed E-state index contributed by atoms with van der Waals surface area (Å²) in [4.78, 5) is 6.82. The van der Waals surface area contributed by atoms with E-state index in [2.05, 4.69) is 20.4 Å². The Morgan fingerprint density at radius 1 is 1.30 bits per heavy atom. The Kier molecular flexibility index (Phi) is 3.05. The summed E-state index contributed by atoms with van der Waals surface area (Å²) >= 11 is 0. The zero-order valence-corrected chi connectivity index (χ0v) is 11.3. The van der Waals surface area contributed by atoms with Gasteiger partial charge in [-0.15, -0.1) is 0 Å². The van der Waals surface area contributed by atoms with Crippen molar-refractivity contribution in [1.29, 1.82) is 0 Å². The fourth-order valence-electron chi connectivity index (χ4n) is 3.18. The first-order valence-corrected chi connectivity index (χ1v) is 7.22. The number of rotatable bonds is 3.